The lowest BCUT2D eigenvalue weighted by Crippen LogP contribution is -2.60. The van der Waals surface area contributed by atoms with Crippen molar-refractivity contribution in [3.63, 3.8) is 0 Å². The van der Waals surface area contributed by atoms with Gasteiger partial charge in [0.2, 0.25) is 0 Å². The van der Waals surface area contributed by atoms with E-state index in [-0.39, 0.29) is 30.6 Å². The van der Waals surface area contributed by atoms with E-state index in [1.807, 2.05) is 27.7 Å². The quantitative estimate of drug-likeness (QED) is 0.840. The second-order valence-corrected chi connectivity index (χ2v) is 5.73. The molecule has 6 heteroatoms. The number of carboxylic acid groups (broad SMARTS) is 1. The highest BCUT2D eigenvalue weighted by molar-refractivity contribution is 5.76. The van der Waals surface area contributed by atoms with Crippen molar-refractivity contribution in [3.05, 3.63) is 0 Å². The highest BCUT2D eigenvalue weighted by Crippen LogP contribution is 2.21. The van der Waals surface area contributed by atoms with E-state index >= 15 is 0 Å². The summed E-state index contributed by atoms with van der Waals surface area (Å²) in [5.74, 6) is -0.889. The third-order valence-corrected chi connectivity index (χ3v) is 3.31. The topological polar surface area (TPSA) is 70.1 Å². The molecular weight excluding hydrogens is 248 g/mol. The number of carbonyl (C=O) groups excluding carboxylic acids is 1. The summed E-state index contributed by atoms with van der Waals surface area (Å²) in [6, 6.07) is -0.130. The summed E-state index contributed by atoms with van der Waals surface area (Å²) in [7, 11) is 0. The van der Waals surface area contributed by atoms with Crippen LogP contribution in [0.5, 0.6) is 0 Å². The van der Waals surface area contributed by atoms with Crippen LogP contribution in [0.1, 0.15) is 34.1 Å². The summed E-state index contributed by atoms with van der Waals surface area (Å²) in [5.41, 5.74) is -0.355. The SMILES string of the molecule is CC(C)N(CCC(=O)O)C(=O)N1CCOCC1(C)C. The predicted octanol–water partition coefficient (Wildman–Crippen LogP) is 1.40. The van der Waals surface area contributed by atoms with Gasteiger partial charge in [-0.15, -0.1) is 0 Å². The maximum atomic E-state index is 12.6. The van der Waals surface area contributed by atoms with Gasteiger partial charge in [0.15, 0.2) is 0 Å². The Kier molecular flexibility index (Phi) is 5.17. The minimum atomic E-state index is -0.889. The molecule has 0 aromatic rings. The van der Waals surface area contributed by atoms with Crippen molar-refractivity contribution in [1.29, 1.82) is 0 Å². The fraction of sp³-hybridized carbons (Fsp3) is 0.846. The molecule has 1 aliphatic heterocycles. The summed E-state index contributed by atoms with van der Waals surface area (Å²) in [6.45, 7) is 9.52. The molecule has 0 radical (unpaired) electrons. The van der Waals surface area contributed by atoms with Crippen LogP contribution in [0.25, 0.3) is 0 Å². The van der Waals surface area contributed by atoms with Crippen LogP contribution in [0.3, 0.4) is 0 Å². The van der Waals surface area contributed by atoms with Crippen LogP contribution in [0.2, 0.25) is 0 Å². The van der Waals surface area contributed by atoms with E-state index in [0.717, 1.165) is 0 Å². The maximum Gasteiger partial charge on any atom is 0.320 e. The van der Waals surface area contributed by atoms with Gasteiger partial charge in [0, 0.05) is 19.1 Å². The van der Waals surface area contributed by atoms with Gasteiger partial charge in [0.1, 0.15) is 0 Å². The van der Waals surface area contributed by atoms with Crippen LogP contribution < -0.4 is 0 Å². The third-order valence-electron chi connectivity index (χ3n) is 3.31. The number of nitrogens with zero attached hydrogens (tertiary/aromatic N) is 2. The van der Waals surface area contributed by atoms with Crippen LogP contribution >= 0.6 is 0 Å². The van der Waals surface area contributed by atoms with Crippen molar-refractivity contribution >= 4 is 12.0 Å². The number of urea groups is 1. The molecule has 1 heterocycles. The lowest BCUT2D eigenvalue weighted by Gasteiger charge is -2.45. The molecule has 1 N–H and O–H groups in total. The van der Waals surface area contributed by atoms with Gasteiger partial charge in [-0.1, -0.05) is 0 Å². The van der Waals surface area contributed by atoms with Gasteiger partial charge in [-0.3, -0.25) is 4.79 Å². The summed E-state index contributed by atoms with van der Waals surface area (Å²) < 4.78 is 5.40. The van der Waals surface area contributed by atoms with Gasteiger partial charge in [-0.05, 0) is 27.7 Å². The number of carboxylic acids is 1. The highest BCUT2D eigenvalue weighted by atomic mass is 16.5. The Hall–Kier alpha value is -1.30. The van der Waals surface area contributed by atoms with Crippen molar-refractivity contribution < 1.29 is 19.4 Å². The molecule has 2 amide bonds. The minimum Gasteiger partial charge on any atom is -0.481 e. The van der Waals surface area contributed by atoms with E-state index in [9.17, 15) is 9.59 Å². The smallest absolute Gasteiger partial charge is 0.320 e. The number of aliphatic carboxylic acids is 1. The Labute approximate surface area is 114 Å². The Morgan fingerprint density at radius 1 is 1.42 bits per heavy atom. The third kappa shape index (κ3) is 4.09. The zero-order valence-corrected chi connectivity index (χ0v) is 12.2. The first-order valence-corrected chi connectivity index (χ1v) is 6.63. The first-order chi connectivity index (χ1) is 8.75. The number of amides is 2. The van der Waals surface area contributed by atoms with Crippen molar-refractivity contribution in [2.45, 2.75) is 45.7 Å². The number of rotatable bonds is 4. The molecule has 1 fully saturated rings. The normalized spacial score (nSPS) is 18.5. The van der Waals surface area contributed by atoms with E-state index in [0.29, 0.717) is 19.8 Å². The number of ether oxygens (including phenoxy) is 1. The van der Waals surface area contributed by atoms with Crippen LogP contribution in [0.15, 0.2) is 0 Å². The molecule has 1 saturated heterocycles. The van der Waals surface area contributed by atoms with Crippen LogP contribution in [-0.4, -0.2) is 64.8 Å². The molecule has 1 rings (SSSR count). The van der Waals surface area contributed by atoms with Gasteiger partial charge < -0.3 is 19.6 Å². The molecule has 0 unspecified atom stereocenters. The van der Waals surface area contributed by atoms with Crippen LogP contribution in [0, 0.1) is 0 Å². The second kappa shape index (κ2) is 6.23. The lowest BCUT2D eigenvalue weighted by molar-refractivity contribution is -0.137. The van der Waals surface area contributed by atoms with Gasteiger partial charge in [-0.2, -0.15) is 0 Å². The highest BCUT2D eigenvalue weighted by Gasteiger charge is 2.37. The number of hydrogen-bond donors (Lipinski definition) is 1. The van der Waals surface area contributed by atoms with Crippen molar-refractivity contribution in [1.82, 2.24) is 9.80 Å². The lowest BCUT2D eigenvalue weighted by atomic mass is 10.0. The van der Waals surface area contributed by atoms with Gasteiger partial charge in [0.25, 0.3) is 0 Å². The molecule has 0 spiro atoms. The number of morpholine rings is 1. The van der Waals surface area contributed by atoms with Crippen molar-refractivity contribution in [3.8, 4) is 0 Å². The average molecular weight is 272 g/mol. The first kappa shape index (κ1) is 15.8. The molecule has 0 bridgehead atoms. The van der Waals surface area contributed by atoms with Crippen LogP contribution in [-0.2, 0) is 9.53 Å². The van der Waals surface area contributed by atoms with E-state index < -0.39 is 5.97 Å². The second-order valence-electron chi connectivity index (χ2n) is 5.73. The minimum absolute atomic E-state index is 0.0227. The molecule has 0 saturated carbocycles. The average Bonchev–Trinajstić information content (AvgIpc) is 2.27. The number of hydrogen-bond acceptors (Lipinski definition) is 3. The zero-order chi connectivity index (χ0) is 14.6. The van der Waals surface area contributed by atoms with E-state index in [1.54, 1.807) is 9.80 Å². The first-order valence-electron chi connectivity index (χ1n) is 6.63. The van der Waals surface area contributed by atoms with Gasteiger partial charge >= 0.3 is 12.0 Å². The molecule has 110 valence electrons. The summed E-state index contributed by atoms with van der Waals surface area (Å²) in [6.07, 6.45) is -0.0330. The van der Waals surface area contributed by atoms with E-state index in [1.165, 1.54) is 0 Å². The Morgan fingerprint density at radius 2 is 2.05 bits per heavy atom. The largest absolute Gasteiger partial charge is 0.481 e. The molecule has 0 aromatic heterocycles. The maximum absolute atomic E-state index is 12.6. The summed E-state index contributed by atoms with van der Waals surface area (Å²) >= 11 is 0. The monoisotopic (exact) mass is 272 g/mol. The Balaban J connectivity index is 2.77. The Bertz CT molecular complexity index is 342. The molecule has 0 atom stereocenters. The van der Waals surface area contributed by atoms with Crippen LogP contribution in [0.4, 0.5) is 4.79 Å². The molecule has 0 aliphatic carbocycles. The fourth-order valence-electron chi connectivity index (χ4n) is 2.16. The summed E-state index contributed by atoms with van der Waals surface area (Å²) in [4.78, 5) is 26.6. The van der Waals surface area contributed by atoms with Gasteiger partial charge in [-0.25, -0.2) is 4.79 Å². The fourth-order valence-corrected chi connectivity index (χ4v) is 2.16. The van der Waals surface area contributed by atoms with Gasteiger partial charge in [0.05, 0.1) is 25.2 Å². The number of carbonyl (C=O) groups is 2. The standard InChI is InChI=1S/C13H24N2O4/c1-10(2)14(6-5-11(16)17)12(18)15-7-8-19-9-13(15,3)4/h10H,5-9H2,1-4H3,(H,16,17). The zero-order valence-electron chi connectivity index (χ0n) is 12.2. The molecule has 1 aliphatic rings. The van der Waals surface area contributed by atoms with Crippen molar-refractivity contribution in [2.75, 3.05) is 26.3 Å². The molecule has 6 nitrogen and oxygen atoms in total. The summed E-state index contributed by atoms with van der Waals surface area (Å²) in [5, 5.41) is 8.77. The molecule has 19 heavy (non-hydrogen) atoms. The van der Waals surface area contributed by atoms with E-state index in [4.69, 9.17) is 9.84 Å². The van der Waals surface area contributed by atoms with Crippen molar-refractivity contribution in [2.24, 2.45) is 0 Å². The molecule has 0 aromatic carbocycles. The molecular formula is C13H24N2O4. The van der Waals surface area contributed by atoms with E-state index in [2.05, 4.69) is 0 Å². The predicted molar refractivity (Wildman–Crippen MR) is 71.1 cm³/mol. The Morgan fingerprint density at radius 3 is 2.53 bits per heavy atom.